The summed E-state index contributed by atoms with van der Waals surface area (Å²) in [6.07, 6.45) is 0. The zero-order valence-corrected chi connectivity index (χ0v) is 16.5. The van der Waals surface area contributed by atoms with E-state index in [4.69, 9.17) is 0 Å². The zero-order chi connectivity index (χ0) is 20.7. The molecule has 1 aliphatic heterocycles. The first kappa shape index (κ1) is 18.4. The summed E-state index contributed by atoms with van der Waals surface area (Å²) in [5, 5.41) is 11.1. The molecule has 0 saturated carbocycles. The summed E-state index contributed by atoms with van der Waals surface area (Å²) < 4.78 is 0. The van der Waals surface area contributed by atoms with E-state index in [0.29, 0.717) is 17.1 Å². The van der Waals surface area contributed by atoms with Gasteiger partial charge in [-0.25, -0.2) is 4.98 Å². The van der Waals surface area contributed by atoms with Crippen molar-refractivity contribution >= 4 is 40.1 Å². The average molecular weight is 416 g/mol. The first-order chi connectivity index (χ1) is 14.6. The summed E-state index contributed by atoms with van der Waals surface area (Å²) in [6.45, 7) is 0. The van der Waals surface area contributed by atoms with Gasteiger partial charge >= 0.3 is 0 Å². The Balaban J connectivity index is 1.65. The number of benzene rings is 3. The number of rotatable bonds is 4. The van der Waals surface area contributed by atoms with E-state index in [9.17, 15) is 14.9 Å². The predicted molar refractivity (Wildman–Crippen MR) is 117 cm³/mol. The maximum atomic E-state index is 12.9. The molecule has 5 rings (SSSR count). The molecule has 1 saturated heterocycles. The van der Waals surface area contributed by atoms with E-state index in [2.05, 4.69) is 9.97 Å². The fraction of sp³-hybridized carbons (Fsp3) is 0.0909. The van der Waals surface area contributed by atoms with Crippen LogP contribution in [0.25, 0.3) is 22.4 Å². The number of carbonyl (C=O) groups excluding carboxylic acids is 1. The van der Waals surface area contributed by atoms with Gasteiger partial charge < -0.3 is 4.98 Å². The minimum absolute atomic E-state index is 0.0101. The van der Waals surface area contributed by atoms with E-state index in [1.54, 1.807) is 23.1 Å². The van der Waals surface area contributed by atoms with Crippen LogP contribution in [0.15, 0.2) is 72.8 Å². The molecule has 1 N–H and O–H groups in total. The summed E-state index contributed by atoms with van der Waals surface area (Å²) in [5.41, 5.74) is 3.70. The number of hydrogen-bond acceptors (Lipinski definition) is 5. The van der Waals surface area contributed by atoms with Gasteiger partial charge in [0.15, 0.2) is 0 Å². The number of nitrogens with zero attached hydrogens (tertiary/aromatic N) is 3. The Morgan fingerprint density at radius 2 is 1.77 bits per heavy atom. The average Bonchev–Trinajstić information content (AvgIpc) is 3.37. The molecule has 1 aromatic heterocycles. The molecule has 148 valence electrons. The second-order valence-corrected chi connectivity index (χ2v) is 7.93. The molecular formula is C22H16N4O3S. The third kappa shape index (κ3) is 3.02. The third-order valence-corrected chi connectivity index (χ3v) is 6.27. The number of hydrogen-bond donors (Lipinski definition) is 1. The number of carbonyl (C=O) groups is 1. The quantitative estimate of drug-likeness (QED) is 0.377. The van der Waals surface area contributed by atoms with Crippen molar-refractivity contribution in [1.29, 1.82) is 0 Å². The van der Waals surface area contributed by atoms with Crippen LogP contribution in [-0.4, -0.2) is 26.6 Å². The van der Waals surface area contributed by atoms with Crippen LogP contribution in [0.2, 0.25) is 0 Å². The zero-order valence-electron chi connectivity index (χ0n) is 15.7. The summed E-state index contributed by atoms with van der Waals surface area (Å²) >= 11 is 1.39. The molecule has 2 heterocycles. The van der Waals surface area contributed by atoms with Crippen LogP contribution in [0.1, 0.15) is 10.9 Å². The smallest absolute Gasteiger partial charge is 0.275 e. The lowest BCUT2D eigenvalue weighted by molar-refractivity contribution is -0.385. The normalized spacial score (nSPS) is 16.3. The van der Waals surface area contributed by atoms with Gasteiger partial charge in [-0.15, -0.1) is 11.8 Å². The molecule has 7 nitrogen and oxygen atoms in total. The maximum Gasteiger partial charge on any atom is 0.275 e. The fourth-order valence-electron chi connectivity index (χ4n) is 3.74. The van der Waals surface area contributed by atoms with E-state index in [0.717, 1.165) is 16.6 Å². The molecule has 1 atom stereocenters. The summed E-state index contributed by atoms with van der Waals surface area (Å²) in [4.78, 5) is 33.7. The molecule has 1 unspecified atom stereocenters. The van der Waals surface area contributed by atoms with Crippen molar-refractivity contribution in [3.63, 3.8) is 0 Å². The lowest BCUT2D eigenvalue weighted by Gasteiger charge is -2.26. The van der Waals surface area contributed by atoms with Gasteiger partial charge in [0.05, 0.1) is 33.0 Å². The Hall–Kier alpha value is -3.65. The Bertz CT molecular complexity index is 1250. The van der Waals surface area contributed by atoms with Crippen molar-refractivity contribution < 1.29 is 9.72 Å². The largest absolute Gasteiger partial charge is 0.338 e. The molecule has 8 heteroatoms. The molecule has 0 aliphatic carbocycles. The number of thioether (sulfide) groups is 1. The Labute approximate surface area is 175 Å². The van der Waals surface area contributed by atoms with Gasteiger partial charge in [-0.05, 0) is 30.3 Å². The Morgan fingerprint density at radius 1 is 1.03 bits per heavy atom. The van der Waals surface area contributed by atoms with Crippen LogP contribution < -0.4 is 4.90 Å². The SMILES string of the molecule is O=C1CSC(c2ccccc2[N+](=O)[O-])N1c1ccccc1-c1nc2ccccc2[nH]1. The van der Waals surface area contributed by atoms with Crippen LogP contribution in [-0.2, 0) is 4.79 Å². The van der Waals surface area contributed by atoms with Crippen LogP contribution in [0.3, 0.4) is 0 Å². The second kappa shape index (κ2) is 7.31. The second-order valence-electron chi connectivity index (χ2n) is 6.86. The number of para-hydroxylation sites is 4. The fourth-order valence-corrected chi connectivity index (χ4v) is 4.94. The van der Waals surface area contributed by atoms with Gasteiger partial charge in [0.2, 0.25) is 5.91 Å². The Kier molecular flexibility index (Phi) is 4.48. The number of amides is 1. The molecule has 4 aromatic rings. The minimum Gasteiger partial charge on any atom is -0.338 e. The van der Waals surface area contributed by atoms with E-state index in [-0.39, 0.29) is 17.3 Å². The molecule has 1 aliphatic rings. The minimum atomic E-state index is -0.482. The lowest BCUT2D eigenvalue weighted by Crippen LogP contribution is -2.28. The van der Waals surface area contributed by atoms with Crippen molar-refractivity contribution in [2.75, 3.05) is 10.7 Å². The molecule has 1 fully saturated rings. The van der Waals surface area contributed by atoms with Gasteiger partial charge in [-0.2, -0.15) is 0 Å². The number of anilines is 1. The summed E-state index contributed by atoms with van der Waals surface area (Å²) in [6, 6.07) is 21.8. The van der Waals surface area contributed by atoms with Crippen LogP contribution in [0.4, 0.5) is 11.4 Å². The van der Waals surface area contributed by atoms with Crippen molar-refractivity contribution in [1.82, 2.24) is 9.97 Å². The number of aromatic nitrogens is 2. The third-order valence-electron chi connectivity index (χ3n) is 5.08. The number of H-pyrrole nitrogens is 1. The van der Waals surface area contributed by atoms with E-state index >= 15 is 0 Å². The van der Waals surface area contributed by atoms with Gasteiger partial charge in [-0.3, -0.25) is 19.8 Å². The lowest BCUT2D eigenvalue weighted by atomic mass is 10.1. The Morgan fingerprint density at radius 3 is 2.60 bits per heavy atom. The van der Waals surface area contributed by atoms with E-state index < -0.39 is 10.3 Å². The van der Waals surface area contributed by atoms with Crippen LogP contribution in [0.5, 0.6) is 0 Å². The van der Waals surface area contributed by atoms with Crippen molar-refractivity contribution in [3.8, 4) is 11.4 Å². The van der Waals surface area contributed by atoms with Crippen LogP contribution in [0, 0.1) is 10.1 Å². The standard InChI is InChI=1S/C22H16N4O3S/c27-20-13-30-22(15-8-2-6-12-19(15)26(28)29)25(20)18-11-5-1-7-14(18)21-23-16-9-3-4-10-17(16)24-21/h1-12,22H,13H2,(H,23,24). The number of nitrogens with one attached hydrogen (secondary N) is 1. The molecule has 0 bridgehead atoms. The molecule has 3 aromatic carbocycles. The van der Waals surface area contributed by atoms with Crippen LogP contribution >= 0.6 is 11.8 Å². The predicted octanol–water partition coefficient (Wildman–Crippen LogP) is 4.92. The van der Waals surface area contributed by atoms with E-state index in [1.807, 2.05) is 48.5 Å². The van der Waals surface area contributed by atoms with Gasteiger partial charge in [0, 0.05) is 11.6 Å². The molecule has 0 spiro atoms. The number of nitro groups is 1. The molecule has 0 radical (unpaired) electrons. The first-order valence-corrected chi connectivity index (χ1v) is 10.4. The van der Waals surface area contributed by atoms with Crippen molar-refractivity contribution in [2.45, 2.75) is 5.37 Å². The topological polar surface area (TPSA) is 92.1 Å². The van der Waals surface area contributed by atoms with E-state index in [1.165, 1.54) is 17.8 Å². The number of nitro benzene ring substituents is 1. The van der Waals surface area contributed by atoms with Gasteiger partial charge in [0.1, 0.15) is 11.2 Å². The summed E-state index contributed by atoms with van der Waals surface area (Å²) in [7, 11) is 0. The van der Waals surface area contributed by atoms with Crippen molar-refractivity contribution in [3.05, 3.63) is 88.5 Å². The maximum absolute atomic E-state index is 12.9. The molecule has 30 heavy (non-hydrogen) atoms. The number of fused-ring (bicyclic) bond motifs is 1. The first-order valence-electron chi connectivity index (χ1n) is 9.34. The van der Waals surface area contributed by atoms with Crippen molar-refractivity contribution in [2.24, 2.45) is 0 Å². The highest BCUT2D eigenvalue weighted by atomic mass is 32.2. The highest BCUT2D eigenvalue weighted by Gasteiger charge is 2.38. The number of aromatic amines is 1. The highest BCUT2D eigenvalue weighted by Crippen LogP contribution is 2.46. The molecular weight excluding hydrogens is 400 g/mol. The van der Waals surface area contributed by atoms with Gasteiger partial charge in [0.25, 0.3) is 5.69 Å². The highest BCUT2D eigenvalue weighted by molar-refractivity contribution is 8.00. The summed E-state index contributed by atoms with van der Waals surface area (Å²) in [5.74, 6) is 0.815. The van der Waals surface area contributed by atoms with Gasteiger partial charge in [-0.1, -0.05) is 36.4 Å². The monoisotopic (exact) mass is 416 g/mol. The molecule has 1 amide bonds. The number of imidazole rings is 1.